The Kier molecular flexibility index (Phi) is 6.89. The van der Waals surface area contributed by atoms with E-state index >= 15 is 0 Å². The SMILES string of the molecule is O=C(NCC(O)c1cccc(F)c1)c1cc(S(=O)(=O)Nc2ccc(F)cc2)ccc1Cl. The summed E-state index contributed by atoms with van der Waals surface area (Å²) < 4.78 is 53.8. The van der Waals surface area contributed by atoms with Crippen LogP contribution in [0.2, 0.25) is 5.02 Å². The zero-order valence-corrected chi connectivity index (χ0v) is 17.4. The first-order chi connectivity index (χ1) is 14.7. The highest BCUT2D eigenvalue weighted by Crippen LogP contribution is 2.23. The number of aliphatic hydroxyl groups excluding tert-OH is 1. The smallest absolute Gasteiger partial charge is 0.261 e. The number of amides is 1. The van der Waals surface area contributed by atoms with Crippen LogP contribution in [0.4, 0.5) is 14.5 Å². The molecule has 3 aromatic carbocycles. The van der Waals surface area contributed by atoms with Gasteiger partial charge in [-0.1, -0.05) is 23.7 Å². The maximum Gasteiger partial charge on any atom is 0.261 e. The van der Waals surface area contributed by atoms with Gasteiger partial charge in [-0.2, -0.15) is 0 Å². The molecule has 0 radical (unpaired) electrons. The van der Waals surface area contributed by atoms with Gasteiger partial charge in [0, 0.05) is 12.2 Å². The van der Waals surface area contributed by atoms with E-state index in [4.69, 9.17) is 11.6 Å². The number of rotatable bonds is 7. The van der Waals surface area contributed by atoms with Crippen molar-refractivity contribution < 1.29 is 27.1 Å². The number of benzene rings is 3. The van der Waals surface area contributed by atoms with Crippen LogP contribution < -0.4 is 10.0 Å². The number of hydrogen-bond acceptors (Lipinski definition) is 4. The van der Waals surface area contributed by atoms with Gasteiger partial charge in [0.1, 0.15) is 11.6 Å². The van der Waals surface area contributed by atoms with E-state index in [0.717, 1.165) is 24.3 Å². The van der Waals surface area contributed by atoms with Crippen molar-refractivity contribution in [2.75, 3.05) is 11.3 Å². The van der Waals surface area contributed by atoms with E-state index in [9.17, 15) is 27.1 Å². The molecule has 1 unspecified atom stereocenters. The molecular weight excluding hydrogens is 450 g/mol. The van der Waals surface area contributed by atoms with Crippen LogP contribution >= 0.6 is 11.6 Å². The molecule has 3 N–H and O–H groups in total. The number of anilines is 1. The van der Waals surface area contributed by atoms with Crippen molar-refractivity contribution in [2.45, 2.75) is 11.0 Å². The van der Waals surface area contributed by atoms with Crippen molar-refractivity contribution >= 4 is 33.2 Å². The number of halogens is 3. The summed E-state index contributed by atoms with van der Waals surface area (Å²) in [4.78, 5) is 12.3. The molecule has 31 heavy (non-hydrogen) atoms. The van der Waals surface area contributed by atoms with Gasteiger partial charge in [-0.3, -0.25) is 9.52 Å². The minimum absolute atomic E-state index is 0.00141. The van der Waals surface area contributed by atoms with Gasteiger partial charge >= 0.3 is 0 Å². The maximum atomic E-state index is 13.3. The van der Waals surface area contributed by atoms with Crippen LogP contribution in [0.25, 0.3) is 0 Å². The normalized spacial score (nSPS) is 12.3. The lowest BCUT2D eigenvalue weighted by Gasteiger charge is -2.14. The van der Waals surface area contributed by atoms with Gasteiger partial charge in [0.2, 0.25) is 0 Å². The number of carbonyl (C=O) groups excluding carboxylic acids is 1. The first kappa shape index (κ1) is 22.7. The van der Waals surface area contributed by atoms with Gasteiger partial charge < -0.3 is 10.4 Å². The third-order valence-electron chi connectivity index (χ3n) is 4.28. The average molecular weight is 467 g/mol. The summed E-state index contributed by atoms with van der Waals surface area (Å²) in [6, 6.07) is 13.5. The largest absolute Gasteiger partial charge is 0.387 e. The fourth-order valence-corrected chi connectivity index (χ4v) is 3.98. The van der Waals surface area contributed by atoms with Crippen molar-refractivity contribution in [1.82, 2.24) is 5.32 Å². The first-order valence-corrected chi connectivity index (χ1v) is 10.8. The fourth-order valence-electron chi connectivity index (χ4n) is 2.69. The molecule has 162 valence electrons. The standard InChI is InChI=1S/C21H17ClF2N2O4S/c22-19-9-8-17(31(29,30)26-16-6-4-14(23)5-7-16)11-18(19)21(28)25-12-20(27)13-2-1-3-15(24)10-13/h1-11,20,26-27H,12H2,(H,25,28). The minimum Gasteiger partial charge on any atom is -0.387 e. The van der Waals surface area contributed by atoms with E-state index in [1.54, 1.807) is 0 Å². The van der Waals surface area contributed by atoms with Crippen LogP contribution in [0.5, 0.6) is 0 Å². The van der Waals surface area contributed by atoms with E-state index in [-0.39, 0.29) is 33.3 Å². The van der Waals surface area contributed by atoms with E-state index in [2.05, 4.69) is 10.0 Å². The second-order valence-corrected chi connectivity index (χ2v) is 8.62. The molecule has 3 aromatic rings. The second-order valence-electron chi connectivity index (χ2n) is 6.53. The quantitative estimate of drug-likeness (QED) is 0.492. The molecule has 10 heteroatoms. The summed E-state index contributed by atoms with van der Waals surface area (Å²) in [6.07, 6.45) is -1.18. The van der Waals surface area contributed by atoms with Crippen LogP contribution in [0.1, 0.15) is 22.0 Å². The molecule has 6 nitrogen and oxygen atoms in total. The second kappa shape index (κ2) is 9.42. The molecule has 0 bridgehead atoms. The minimum atomic E-state index is -4.08. The Labute approximate surface area is 182 Å². The average Bonchev–Trinajstić information content (AvgIpc) is 2.73. The molecule has 0 spiro atoms. The van der Waals surface area contributed by atoms with Crippen LogP contribution in [0, 0.1) is 11.6 Å². The zero-order valence-electron chi connectivity index (χ0n) is 15.8. The van der Waals surface area contributed by atoms with Gasteiger partial charge in [-0.15, -0.1) is 0 Å². The van der Waals surface area contributed by atoms with Crippen LogP contribution in [-0.2, 0) is 10.0 Å². The Morgan fingerprint density at radius 3 is 2.39 bits per heavy atom. The number of nitrogens with one attached hydrogen (secondary N) is 2. The lowest BCUT2D eigenvalue weighted by atomic mass is 10.1. The predicted octanol–water partition coefficient (Wildman–Crippen LogP) is 3.88. The van der Waals surface area contributed by atoms with E-state index in [1.165, 1.54) is 42.5 Å². The Morgan fingerprint density at radius 1 is 1.00 bits per heavy atom. The summed E-state index contributed by atoms with van der Waals surface area (Å²) >= 11 is 6.04. The fraction of sp³-hybridized carbons (Fsp3) is 0.0952. The molecule has 3 rings (SSSR count). The highest BCUT2D eigenvalue weighted by molar-refractivity contribution is 7.92. The van der Waals surface area contributed by atoms with Gasteiger partial charge in [-0.25, -0.2) is 17.2 Å². The number of hydrogen-bond donors (Lipinski definition) is 3. The third-order valence-corrected chi connectivity index (χ3v) is 5.99. The van der Waals surface area contributed by atoms with E-state index in [0.29, 0.717) is 0 Å². The molecule has 1 atom stereocenters. The Morgan fingerprint density at radius 2 is 1.71 bits per heavy atom. The molecule has 1 amide bonds. The molecule has 0 fully saturated rings. The number of aliphatic hydroxyl groups is 1. The molecule has 0 aliphatic carbocycles. The van der Waals surface area contributed by atoms with E-state index in [1.807, 2.05) is 0 Å². The molecule has 0 heterocycles. The highest BCUT2D eigenvalue weighted by Gasteiger charge is 2.20. The molecule has 0 aliphatic rings. The lowest BCUT2D eigenvalue weighted by Crippen LogP contribution is -2.29. The Hall–Kier alpha value is -3.01. The summed E-state index contributed by atoms with van der Waals surface area (Å²) in [5.41, 5.74) is 0.280. The summed E-state index contributed by atoms with van der Waals surface area (Å²) in [7, 11) is -4.08. The Bertz CT molecular complexity index is 1200. The molecule has 0 saturated heterocycles. The lowest BCUT2D eigenvalue weighted by molar-refractivity contribution is 0.0916. The maximum absolute atomic E-state index is 13.3. The number of sulfonamides is 1. The van der Waals surface area contributed by atoms with Crippen molar-refractivity contribution in [3.05, 3.63) is 94.5 Å². The van der Waals surface area contributed by atoms with Crippen molar-refractivity contribution in [3.8, 4) is 0 Å². The molecule has 0 aromatic heterocycles. The topological polar surface area (TPSA) is 95.5 Å². The van der Waals surface area contributed by atoms with Crippen LogP contribution in [0.3, 0.4) is 0 Å². The zero-order chi connectivity index (χ0) is 22.6. The summed E-state index contributed by atoms with van der Waals surface area (Å²) in [6.45, 7) is -0.247. The molecule has 0 aliphatic heterocycles. The highest BCUT2D eigenvalue weighted by atomic mass is 35.5. The van der Waals surface area contributed by atoms with Gasteiger partial charge in [0.15, 0.2) is 0 Å². The van der Waals surface area contributed by atoms with Gasteiger partial charge in [0.25, 0.3) is 15.9 Å². The van der Waals surface area contributed by atoms with Crippen molar-refractivity contribution in [2.24, 2.45) is 0 Å². The van der Waals surface area contributed by atoms with Crippen LogP contribution in [0.15, 0.2) is 71.6 Å². The van der Waals surface area contributed by atoms with E-state index < -0.39 is 33.7 Å². The monoisotopic (exact) mass is 466 g/mol. The third kappa shape index (κ3) is 5.78. The van der Waals surface area contributed by atoms with Crippen molar-refractivity contribution in [3.63, 3.8) is 0 Å². The first-order valence-electron chi connectivity index (χ1n) is 8.95. The molecule has 0 saturated carbocycles. The Balaban J connectivity index is 1.75. The number of carbonyl (C=O) groups is 1. The molecular formula is C21H17ClF2N2O4S. The van der Waals surface area contributed by atoms with Crippen LogP contribution in [-0.4, -0.2) is 26.0 Å². The van der Waals surface area contributed by atoms with Crippen molar-refractivity contribution in [1.29, 1.82) is 0 Å². The van der Waals surface area contributed by atoms with Gasteiger partial charge in [0.05, 0.1) is 21.6 Å². The van der Waals surface area contributed by atoms with Gasteiger partial charge in [-0.05, 0) is 60.2 Å². The predicted molar refractivity (Wildman–Crippen MR) is 112 cm³/mol. The summed E-state index contributed by atoms with van der Waals surface area (Å²) in [5, 5.41) is 12.6. The summed E-state index contributed by atoms with van der Waals surface area (Å²) in [5.74, 6) is -1.77.